The number of nitrogens with zero attached hydrogens (tertiary/aromatic N) is 5. The fourth-order valence-electron chi connectivity index (χ4n) is 5.07. The number of nitrogens with one attached hydrogen (secondary N) is 1. The van der Waals surface area contributed by atoms with Gasteiger partial charge >= 0.3 is 0 Å². The lowest BCUT2D eigenvalue weighted by Gasteiger charge is -2.32. The first-order valence-corrected chi connectivity index (χ1v) is 13.1. The summed E-state index contributed by atoms with van der Waals surface area (Å²) >= 11 is 0. The van der Waals surface area contributed by atoms with E-state index in [1.54, 1.807) is 11.0 Å². The minimum absolute atomic E-state index is 0.111. The summed E-state index contributed by atoms with van der Waals surface area (Å²) in [5.41, 5.74) is 1.95. The third-order valence-corrected chi connectivity index (χ3v) is 7.08. The van der Waals surface area contributed by atoms with Crippen LogP contribution in [0, 0.1) is 13.8 Å². The molecule has 1 saturated carbocycles. The van der Waals surface area contributed by atoms with Gasteiger partial charge in [0.2, 0.25) is 11.7 Å². The molecule has 0 radical (unpaired) electrons. The van der Waals surface area contributed by atoms with E-state index in [9.17, 15) is 9.59 Å². The van der Waals surface area contributed by atoms with Crippen molar-refractivity contribution in [2.24, 2.45) is 0 Å². The van der Waals surface area contributed by atoms with Crippen molar-refractivity contribution in [3.8, 4) is 11.4 Å². The zero-order chi connectivity index (χ0) is 25.8. The molecule has 2 aliphatic rings. The van der Waals surface area contributed by atoms with Crippen molar-refractivity contribution in [3.63, 3.8) is 0 Å². The lowest BCUT2D eigenvalue weighted by Crippen LogP contribution is -2.49. The Labute approximate surface area is 216 Å². The Morgan fingerprint density at radius 1 is 1.08 bits per heavy atom. The van der Waals surface area contributed by atoms with Crippen LogP contribution < -0.4 is 5.32 Å². The predicted octanol–water partition coefficient (Wildman–Crippen LogP) is 3.36. The Morgan fingerprint density at radius 2 is 1.86 bits per heavy atom. The second-order valence-electron chi connectivity index (χ2n) is 10.0. The van der Waals surface area contributed by atoms with E-state index in [-0.39, 0.29) is 37.0 Å². The van der Waals surface area contributed by atoms with Gasteiger partial charge in [0.1, 0.15) is 18.1 Å². The van der Waals surface area contributed by atoms with Crippen LogP contribution in [0.5, 0.6) is 0 Å². The molecule has 5 rings (SSSR count). The van der Waals surface area contributed by atoms with Gasteiger partial charge in [-0.3, -0.25) is 9.59 Å². The Morgan fingerprint density at radius 3 is 2.54 bits per heavy atom. The van der Waals surface area contributed by atoms with Gasteiger partial charge in [0, 0.05) is 24.8 Å². The summed E-state index contributed by atoms with van der Waals surface area (Å²) in [5, 5.41) is 15.8. The molecule has 2 amide bonds. The molecule has 1 aromatic carbocycles. The first-order valence-electron chi connectivity index (χ1n) is 13.1. The van der Waals surface area contributed by atoms with E-state index < -0.39 is 6.04 Å². The molecule has 1 aliphatic heterocycles. The summed E-state index contributed by atoms with van der Waals surface area (Å²) in [6.45, 7) is 4.61. The highest BCUT2D eigenvalue weighted by molar-refractivity contribution is 5.88. The van der Waals surface area contributed by atoms with Crippen molar-refractivity contribution in [3.05, 3.63) is 53.5 Å². The number of carbonyl (C=O) groups is 2. The van der Waals surface area contributed by atoms with E-state index in [1.165, 1.54) is 4.80 Å². The van der Waals surface area contributed by atoms with Crippen LogP contribution in [0.1, 0.15) is 61.7 Å². The van der Waals surface area contributed by atoms with Gasteiger partial charge in [-0.2, -0.15) is 4.80 Å². The molecule has 196 valence electrons. The second kappa shape index (κ2) is 11.2. The summed E-state index contributed by atoms with van der Waals surface area (Å²) < 4.78 is 11.8. The highest BCUT2D eigenvalue weighted by Gasteiger charge is 2.37. The molecule has 3 heterocycles. The van der Waals surface area contributed by atoms with E-state index >= 15 is 0 Å². The largest absolute Gasteiger partial charge is 0.464 e. The quantitative estimate of drug-likeness (QED) is 0.473. The van der Waals surface area contributed by atoms with E-state index in [2.05, 4.69) is 20.7 Å². The highest BCUT2D eigenvalue weighted by atomic mass is 16.5. The molecular formula is C27H34N6O4. The molecule has 2 aromatic heterocycles. The number of carbonyl (C=O) groups excluding carboxylic acids is 2. The fraction of sp³-hybridized carbons (Fsp3) is 0.519. The van der Waals surface area contributed by atoms with Gasteiger partial charge in [0.25, 0.3) is 5.91 Å². The molecule has 2 fully saturated rings. The smallest absolute Gasteiger partial charge is 0.250 e. The van der Waals surface area contributed by atoms with E-state index in [4.69, 9.17) is 9.15 Å². The number of aryl methyl sites for hydroxylation is 2. The van der Waals surface area contributed by atoms with Crippen molar-refractivity contribution in [2.45, 2.75) is 77.1 Å². The van der Waals surface area contributed by atoms with E-state index in [0.29, 0.717) is 24.0 Å². The average Bonchev–Trinajstić information content (AvgIpc) is 3.69. The van der Waals surface area contributed by atoms with Crippen molar-refractivity contribution in [2.75, 3.05) is 13.2 Å². The third kappa shape index (κ3) is 6.07. The summed E-state index contributed by atoms with van der Waals surface area (Å²) in [4.78, 5) is 30.3. The maximum atomic E-state index is 13.8. The van der Waals surface area contributed by atoms with Gasteiger partial charge in [-0.1, -0.05) is 42.7 Å². The maximum absolute atomic E-state index is 13.8. The zero-order valence-electron chi connectivity index (χ0n) is 21.4. The van der Waals surface area contributed by atoms with Gasteiger partial charge in [-0.05, 0) is 56.9 Å². The van der Waals surface area contributed by atoms with Crippen LogP contribution in [0.3, 0.4) is 0 Å². The van der Waals surface area contributed by atoms with Gasteiger partial charge in [0.05, 0.1) is 6.10 Å². The molecule has 10 nitrogen and oxygen atoms in total. The minimum Gasteiger partial charge on any atom is -0.464 e. The number of benzene rings is 1. The highest BCUT2D eigenvalue weighted by Crippen LogP contribution is 2.28. The minimum atomic E-state index is -0.911. The first kappa shape index (κ1) is 25.1. The molecule has 3 aromatic rings. The number of rotatable bonds is 9. The molecule has 1 saturated heterocycles. The Bertz CT molecular complexity index is 1210. The number of furan rings is 1. The molecule has 1 N–H and O–H groups in total. The number of tetrazole rings is 1. The predicted molar refractivity (Wildman–Crippen MR) is 135 cm³/mol. The van der Waals surface area contributed by atoms with E-state index in [0.717, 1.165) is 49.7 Å². The Hall–Kier alpha value is -3.53. The topological polar surface area (TPSA) is 115 Å². The normalized spacial score (nSPS) is 18.7. The molecule has 37 heavy (non-hydrogen) atoms. The molecule has 0 spiro atoms. The fourth-order valence-corrected chi connectivity index (χ4v) is 5.07. The number of ether oxygens (including phenoxy) is 1. The molecular weight excluding hydrogens is 472 g/mol. The summed E-state index contributed by atoms with van der Waals surface area (Å²) in [6, 6.07) is 10.6. The van der Waals surface area contributed by atoms with Crippen molar-refractivity contribution in [1.29, 1.82) is 0 Å². The summed E-state index contributed by atoms with van der Waals surface area (Å²) in [5.74, 6) is 1.02. The number of hydrogen-bond donors (Lipinski definition) is 1. The third-order valence-electron chi connectivity index (χ3n) is 7.08. The monoisotopic (exact) mass is 506 g/mol. The lowest BCUT2D eigenvalue weighted by atomic mass is 10.1. The number of hydrogen-bond acceptors (Lipinski definition) is 7. The summed E-state index contributed by atoms with van der Waals surface area (Å²) in [6.07, 6.45) is 5.69. The molecule has 0 unspecified atom stereocenters. The van der Waals surface area contributed by atoms with Gasteiger partial charge in [-0.25, -0.2) is 0 Å². The SMILES string of the molecule is Cc1ccc(-c2nnn(CC(=O)N(C[C@@H]3CCCO3)[C@@H](C(=O)NC3CCCC3)c3ccc(C)o3)n2)cc1. The van der Waals surface area contributed by atoms with Gasteiger partial charge in [-0.15, -0.1) is 10.2 Å². The van der Waals surface area contributed by atoms with Gasteiger partial charge in [0.15, 0.2) is 6.04 Å². The van der Waals surface area contributed by atoms with Crippen molar-refractivity contribution >= 4 is 11.8 Å². The maximum Gasteiger partial charge on any atom is 0.250 e. The van der Waals surface area contributed by atoms with Crippen LogP contribution in [0.4, 0.5) is 0 Å². The lowest BCUT2D eigenvalue weighted by molar-refractivity contribution is -0.144. The average molecular weight is 507 g/mol. The van der Waals surface area contributed by atoms with Crippen LogP contribution in [-0.4, -0.2) is 62.2 Å². The van der Waals surface area contributed by atoms with Crippen molar-refractivity contribution < 1.29 is 18.7 Å². The molecule has 0 bridgehead atoms. The Balaban J connectivity index is 1.40. The molecule has 1 aliphatic carbocycles. The molecule has 10 heteroatoms. The Kier molecular flexibility index (Phi) is 7.64. The van der Waals surface area contributed by atoms with Crippen LogP contribution >= 0.6 is 0 Å². The van der Waals surface area contributed by atoms with Crippen molar-refractivity contribution in [1.82, 2.24) is 30.4 Å². The second-order valence-corrected chi connectivity index (χ2v) is 10.0. The first-order chi connectivity index (χ1) is 18.0. The number of amides is 2. The zero-order valence-corrected chi connectivity index (χ0v) is 21.4. The summed E-state index contributed by atoms with van der Waals surface area (Å²) in [7, 11) is 0. The van der Waals surface area contributed by atoms with E-state index in [1.807, 2.05) is 44.2 Å². The van der Waals surface area contributed by atoms with Crippen LogP contribution in [0.25, 0.3) is 11.4 Å². The van der Waals surface area contributed by atoms with Gasteiger partial charge < -0.3 is 19.4 Å². The standard InChI is InChI=1S/C27H34N6O4/c1-18-9-12-20(13-10-18)26-29-31-33(30-26)17-24(34)32(16-22-8-5-15-36-22)25(23-14-11-19(2)37-23)27(35)28-21-6-3-4-7-21/h9-14,21-22,25H,3-8,15-17H2,1-2H3,(H,28,35)/t22-,25+/m0/s1. The number of aromatic nitrogens is 4. The van der Waals surface area contributed by atoms with Crippen LogP contribution in [0.2, 0.25) is 0 Å². The van der Waals surface area contributed by atoms with Crippen LogP contribution in [-0.2, 0) is 20.9 Å². The molecule has 2 atom stereocenters. The van der Waals surface area contributed by atoms with Crippen LogP contribution in [0.15, 0.2) is 40.8 Å².